The molecule has 0 amide bonds. The van der Waals surface area contributed by atoms with Crippen molar-refractivity contribution in [2.45, 2.75) is 37.3 Å². The maximum absolute atomic E-state index is 12.7. The third-order valence-corrected chi connectivity index (χ3v) is 4.01. The minimum atomic E-state index is -4.47. The maximum Gasteiger partial charge on any atom is 0.399 e. The molecule has 0 aliphatic heterocycles. The summed E-state index contributed by atoms with van der Waals surface area (Å²) in [5.41, 5.74) is 6.15. The highest BCUT2D eigenvalue weighted by molar-refractivity contribution is 7.99. The van der Waals surface area contributed by atoms with Crippen molar-refractivity contribution in [1.29, 1.82) is 5.41 Å². The molecule has 0 saturated carbocycles. The highest BCUT2D eigenvalue weighted by Crippen LogP contribution is 2.32. The topological polar surface area (TPSA) is 49.9 Å². The number of thioether (sulfide) groups is 1. The molecule has 6 heteroatoms. The highest BCUT2D eigenvalue weighted by atomic mass is 32.2. The third-order valence-electron chi connectivity index (χ3n) is 2.91. The fourth-order valence-corrected chi connectivity index (χ4v) is 2.65. The van der Waals surface area contributed by atoms with Crippen LogP contribution < -0.4 is 5.73 Å². The van der Waals surface area contributed by atoms with E-state index in [1.54, 1.807) is 12.1 Å². The average Bonchev–Trinajstić information content (AvgIpc) is 2.26. The number of nitrogens with one attached hydrogen (secondary N) is 1. The minimum Gasteiger partial charge on any atom is -0.387 e. The Balaban J connectivity index is 2.73. The Morgan fingerprint density at radius 3 is 2.05 bits per heavy atom. The number of benzene rings is 1. The fourth-order valence-electron chi connectivity index (χ4n) is 1.59. The Hall–Kier alpha value is -1.17. The van der Waals surface area contributed by atoms with Gasteiger partial charge in [0.1, 0.15) is 11.8 Å². The van der Waals surface area contributed by atoms with Crippen molar-refractivity contribution in [3.63, 3.8) is 0 Å². The zero-order valence-electron chi connectivity index (χ0n) is 11.7. The largest absolute Gasteiger partial charge is 0.399 e. The molecule has 1 rings (SSSR count). The van der Waals surface area contributed by atoms with E-state index in [4.69, 9.17) is 11.1 Å². The van der Waals surface area contributed by atoms with Gasteiger partial charge >= 0.3 is 6.18 Å². The fraction of sp³-hybridized carbons (Fsp3) is 0.500. The van der Waals surface area contributed by atoms with Crippen LogP contribution in [0.5, 0.6) is 0 Å². The van der Waals surface area contributed by atoms with E-state index in [0.29, 0.717) is 0 Å². The van der Waals surface area contributed by atoms with E-state index in [9.17, 15) is 13.2 Å². The summed E-state index contributed by atoms with van der Waals surface area (Å²) in [6, 6.07) is 7.44. The lowest BCUT2D eigenvalue weighted by Crippen LogP contribution is -2.36. The molecule has 0 aliphatic carbocycles. The summed E-state index contributed by atoms with van der Waals surface area (Å²) in [7, 11) is 0. The molecule has 2 nitrogen and oxygen atoms in total. The van der Waals surface area contributed by atoms with Gasteiger partial charge in [0.2, 0.25) is 0 Å². The highest BCUT2D eigenvalue weighted by Gasteiger charge is 2.41. The molecule has 0 heterocycles. The number of rotatable bonds is 4. The molecule has 112 valence electrons. The van der Waals surface area contributed by atoms with E-state index < -0.39 is 17.9 Å². The van der Waals surface area contributed by atoms with Crippen LogP contribution in [-0.4, -0.2) is 17.8 Å². The molecular weight excluding hydrogens is 285 g/mol. The van der Waals surface area contributed by atoms with E-state index in [2.05, 4.69) is 20.8 Å². The second kappa shape index (κ2) is 6.08. The summed E-state index contributed by atoms with van der Waals surface area (Å²) in [6.07, 6.45) is -4.47. The maximum atomic E-state index is 12.7. The number of nitrogens with two attached hydrogens (primary N) is 1. The second-order valence-corrected chi connectivity index (χ2v) is 6.73. The summed E-state index contributed by atoms with van der Waals surface area (Å²) < 4.78 is 38.0. The van der Waals surface area contributed by atoms with Gasteiger partial charge in [-0.1, -0.05) is 32.9 Å². The Morgan fingerprint density at radius 2 is 1.70 bits per heavy atom. The van der Waals surface area contributed by atoms with Crippen LogP contribution in [0.3, 0.4) is 0 Å². The Kier molecular flexibility index (Phi) is 5.13. The summed E-state index contributed by atoms with van der Waals surface area (Å²) >= 11 is 1.06. The first-order valence-corrected chi connectivity index (χ1v) is 7.14. The van der Waals surface area contributed by atoms with Crippen LogP contribution >= 0.6 is 11.8 Å². The van der Waals surface area contributed by atoms with Crippen LogP contribution in [0.2, 0.25) is 0 Å². The first kappa shape index (κ1) is 16.9. The predicted molar refractivity (Wildman–Crippen MR) is 77.3 cm³/mol. The van der Waals surface area contributed by atoms with Crippen molar-refractivity contribution in [2.75, 3.05) is 5.75 Å². The Labute approximate surface area is 121 Å². The van der Waals surface area contributed by atoms with Gasteiger partial charge in [-0.05, 0) is 23.1 Å². The van der Waals surface area contributed by atoms with E-state index in [1.165, 1.54) is 0 Å². The van der Waals surface area contributed by atoms with Gasteiger partial charge in [0, 0.05) is 10.6 Å². The predicted octanol–water partition coefficient (Wildman–Crippen LogP) is 4.19. The van der Waals surface area contributed by atoms with Crippen LogP contribution in [0.1, 0.15) is 26.3 Å². The number of hydrogen-bond donors (Lipinski definition) is 2. The van der Waals surface area contributed by atoms with Gasteiger partial charge in [-0.2, -0.15) is 13.2 Å². The van der Waals surface area contributed by atoms with Crippen molar-refractivity contribution in [1.82, 2.24) is 0 Å². The van der Waals surface area contributed by atoms with E-state index in [-0.39, 0.29) is 11.2 Å². The van der Waals surface area contributed by atoms with Gasteiger partial charge in [0.25, 0.3) is 0 Å². The van der Waals surface area contributed by atoms with Gasteiger partial charge < -0.3 is 5.73 Å². The van der Waals surface area contributed by atoms with Crippen molar-refractivity contribution in [3.8, 4) is 0 Å². The molecular formula is C14H19F3N2S. The molecule has 3 N–H and O–H groups in total. The van der Waals surface area contributed by atoms with Crippen LogP contribution in [-0.2, 0) is 5.41 Å². The quantitative estimate of drug-likeness (QED) is 0.498. The molecule has 1 unspecified atom stereocenters. The molecule has 0 spiro atoms. The molecule has 0 saturated heterocycles. The molecule has 0 radical (unpaired) electrons. The number of alkyl halides is 3. The lowest BCUT2D eigenvalue weighted by atomic mass is 9.87. The summed E-state index contributed by atoms with van der Waals surface area (Å²) in [5.74, 6) is -3.00. The number of amidine groups is 1. The lowest BCUT2D eigenvalue weighted by molar-refractivity contribution is -0.149. The van der Waals surface area contributed by atoms with Crippen LogP contribution in [0.25, 0.3) is 0 Å². The molecule has 0 fully saturated rings. The number of hydrogen-bond acceptors (Lipinski definition) is 2. The van der Waals surface area contributed by atoms with E-state index in [0.717, 1.165) is 22.2 Å². The van der Waals surface area contributed by atoms with Crippen LogP contribution in [0, 0.1) is 11.3 Å². The van der Waals surface area contributed by atoms with Crippen LogP contribution in [0.15, 0.2) is 29.2 Å². The minimum absolute atomic E-state index is 0.0110. The lowest BCUT2D eigenvalue weighted by Gasteiger charge is -2.20. The number of halogens is 3. The van der Waals surface area contributed by atoms with E-state index in [1.807, 2.05) is 12.1 Å². The van der Waals surface area contributed by atoms with Gasteiger partial charge in [-0.25, -0.2) is 0 Å². The molecule has 20 heavy (non-hydrogen) atoms. The average molecular weight is 304 g/mol. The third kappa shape index (κ3) is 4.74. The van der Waals surface area contributed by atoms with Gasteiger partial charge in [0.15, 0.2) is 0 Å². The zero-order chi connectivity index (χ0) is 15.6. The first-order chi connectivity index (χ1) is 9.01. The van der Waals surface area contributed by atoms with Crippen molar-refractivity contribution in [3.05, 3.63) is 29.8 Å². The smallest absolute Gasteiger partial charge is 0.387 e. The summed E-state index contributed by atoms with van der Waals surface area (Å²) in [6.45, 7) is 6.22. The summed E-state index contributed by atoms with van der Waals surface area (Å²) in [5, 5.41) is 7.03. The normalized spacial score (nSPS) is 14.1. The van der Waals surface area contributed by atoms with Crippen molar-refractivity contribution < 1.29 is 13.2 Å². The summed E-state index contributed by atoms with van der Waals surface area (Å²) in [4.78, 5) is 0.744. The Morgan fingerprint density at radius 1 is 1.20 bits per heavy atom. The van der Waals surface area contributed by atoms with Gasteiger partial charge in [-0.15, -0.1) is 11.8 Å². The van der Waals surface area contributed by atoms with Gasteiger partial charge in [-0.3, -0.25) is 5.41 Å². The molecule has 0 bridgehead atoms. The van der Waals surface area contributed by atoms with Gasteiger partial charge in [0.05, 0.1) is 0 Å². The molecule has 0 aliphatic rings. The zero-order valence-corrected chi connectivity index (χ0v) is 12.5. The SMILES string of the molecule is CC(C)(C)c1ccc(SCC(C(=N)N)C(F)(F)F)cc1. The van der Waals surface area contributed by atoms with E-state index >= 15 is 0 Å². The Bertz CT molecular complexity index is 461. The standard InChI is InChI=1S/C14H19F3N2S/c1-13(2,3)9-4-6-10(7-5-9)20-8-11(12(18)19)14(15,16)17/h4-7,11H,8H2,1-3H3,(H3,18,19). The van der Waals surface area contributed by atoms with Crippen LogP contribution in [0.4, 0.5) is 13.2 Å². The van der Waals surface area contributed by atoms with Crippen molar-refractivity contribution >= 4 is 17.6 Å². The second-order valence-electron chi connectivity index (χ2n) is 5.63. The molecule has 1 aromatic rings. The molecule has 0 aromatic heterocycles. The first-order valence-electron chi connectivity index (χ1n) is 6.16. The van der Waals surface area contributed by atoms with Crippen molar-refractivity contribution in [2.24, 2.45) is 11.7 Å². The molecule has 1 atom stereocenters. The molecule has 1 aromatic carbocycles. The monoisotopic (exact) mass is 304 g/mol.